The van der Waals surface area contributed by atoms with Crippen LogP contribution in [0.3, 0.4) is 0 Å². The summed E-state index contributed by atoms with van der Waals surface area (Å²) in [6, 6.07) is 18.3. The second kappa shape index (κ2) is 10.7. The highest BCUT2D eigenvalue weighted by molar-refractivity contribution is 6.03. The molecule has 9 nitrogen and oxygen atoms in total. The van der Waals surface area contributed by atoms with Gasteiger partial charge in [0.2, 0.25) is 18.4 Å². The van der Waals surface area contributed by atoms with Gasteiger partial charge < -0.3 is 33.9 Å². The fourth-order valence-electron chi connectivity index (χ4n) is 6.23. The van der Waals surface area contributed by atoms with E-state index >= 15 is 0 Å². The topological polar surface area (TPSA) is 97.8 Å². The van der Waals surface area contributed by atoms with Gasteiger partial charge in [-0.2, -0.15) is 0 Å². The van der Waals surface area contributed by atoms with Crippen molar-refractivity contribution in [3.8, 4) is 28.7 Å². The first-order valence-electron chi connectivity index (χ1n) is 13.6. The van der Waals surface area contributed by atoms with Gasteiger partial charge in [0, 0.05) is 31.5 Å². The molecule has 0 spiro atoms. The Morgan fingerprint density at radius 1 is 1.02 bits per heavy atom. The highest BCUT2D eigenvalue weighted by Gasteiger charge is 2.50. The molecule has 41 heavy (non-hydrogen) atoms. The molecule has 3 aromatic carbocycles. The predicted octanol–water partition coefficient (Wildman–Crippen LogP) is 3.99. The number of aromatic hydroxyl groups is 1. The smallest absolute Gasteiger partial charge is 0.250 e. The summed E-state index contributed by atoms with van der Waals surface area (Å²) in [6.07, 6.45) is 2.49. The molecule has 3 aliphatic rings. The van der Waals surface area contributed by atoms with Gasteiger partial charge in [-0.05, 0) is 53.5 Å². The van der Waals surface area contributed by atoms with E-state index < -0.39 is 0 Å². The fraction of sp³-hybridized carbons (Fsp3) is 0.312. The first kappa shape index (κ1) is 26.6. The maximum Gasteiger partial charge on any atom is 0.250 e. The molecule has 3 aliphatic heterocycles. The lowest BCUT2D eigenvalue weighted by Crippen LogP contribution is -2.59. The number of phenols is 1. The number of hydrogen-bond donors (Lipinski definition) is 1. The molecule has 6 rings (SSSR count). The highest BCUT2D eigenvalue weighted by atomic mass is 16.7. The minimum Gasteiger partial charge on any atom is -0.504 e. The maximum absolute atomic E-state index is 14.2. The number of carbonyl (C=O) groups excluding carboxylic acids is 2. The first-order chi connectivity index (χ1) is 19.9. The number of methoxy groups -OCH3 is 2. The van der Waals surface area contributed by atoms with Crippen molar-refractivity contribution in [1.82, 2.24) is 9.80 Å². The number of hydrogen-bond acceptors (Lipinski definition) is 7. The van der Waals surface area contributed by atoms with E-state index in [1.54, 1.807) is 32.2 Å². The second-order valence-corrected chi connectivity index (χ2v) is 10.5. The third kappa shape index (κ3) is 4.81. The summed E-state index contributed by atoms with van der Waals surface area (Å²) in [6.45, 7) is 2.47. The number of carbonyl (C=O) groups is 2. The number of benzene rings is 3. The minimum absolute atomic E-state index is 0.0164. The largest absolute Gasteiger partial charge is 0.504 e. The molecule has 0 aliphatic carbocycles. The van der Waals surface area contributed by atoms with Crippen LogP contribution in [0, 0.1) is 0 Å². The van der Waals surface area contributed by atoms with Gasteiger partial charge in [-0.15, -0.1) is 0 Å². The highest BCUT2D eigenvalue weighted by Crippen LogP contribution is 2.49. The lowest BCUT2D eigenvalue weighted by atomic mass is 9.85. The van der Waals surface area contributed by atoms with E-state index in [0.29, 0.717) is 53.6 Å². The van der Waals surface area contributed by atoms with Crippen LogP contribution in [0.25, 0.3) is 6.08 Å². The zero-order valence-corrected chi connectivity index (χ0v) is 23.2. The number of piperazine rings is 1. The Morgan fingerprint density at radius 2 is 1.80 bits per heavy atom. The third-order valence-corrected chi connectivity index (χ3v) is 8.14. The summed E-state index contributed by atoms with van der Waals surface area (Å²) in [4.78, 5) is 30.9. The van der Waals surface area contributed by atoms with Gasteiger partial charge >= 0.3 is 0 Å². The molecule has 0 radical (unpaired) electrons. The van der Waals surface area contributed by atoms with Crippen LogP contribution in [0.2, 0.25) is 0 Å². The molecule has 2 amide bonds. The Hall–Kier alpha value is -4.66. The summed E-state index contributed by atoms with van der Waals surface area (Å²) in [5, 5.41) is 10.1. The molecule has 9 heteroatoms. The zero-order chi connectivity index (χ0) is 28.7. The van der Waals surface area contributed by atoms with Crippen molar-refractivity contribution in [2.75, 3.05) is 34.1 Å². The Bertz CT molecular complexity index is 1520. The van der Waals surface area contributed by atoms with Crippen molar-refractivity contribution >= 4 is 17.9 Å². The number of phenolic OH excluding ortho intramolecular Hbond substituents is 1. The minimum atomic E-state index is -0.384. The molecular weight excluding hydrogens is 524 g/mol. The van der Waals surface area contributed by atoms with Gasteiger partial charge in [-0.1, -0.05) is 36.4 Å². The van der Waals surface area contributed by atoms with Crippen LogP contribution in [0.15, 0.2) is 66.2 Å². The molecule has 3 aromatic rings. The van der Waals surface area contributed by atoms with E-state index in [1.165, 1.54) is 7.11 Å². The number of rotatable bonds is 6. The normalized spacial score (nSPS) is 22.2. The first-order valence-corrected chi connectivity index (χ1v) is 13.6. The third-order valence-electron chi connectivity index (χ3n) is 8.14. The van der Waals surface area contributed by atoms with Crippen LogP contribution in [-0.2, 0) is 16.0 Å². The monoisotopic (exact) mass is 556 g/mol. The van der Waals surface area contributed by atoms with Crippen molar-refractivity contribution in [1.29, 1.82) is 0 Å². The number of fused-ring (bicyclic) bond motifs is 2. The summed E-state index contributed by atoms with van der Waals surface area (Å²) in [5.74, 6) is 1.43. The Balaban J connectivity index is 1.45. The van der Waals surface area contributed by atoms with Gasteiger partial charge in [0.25, 0.3) is 5.91 Å². The SMILES string of the molecule is COc1cc(/C=C2/C(=O)N3C[C@H](Cc4ccccc4)N(C(C)=O)C[C@@H]3[C@H]2c2cc(OC)c3c(c2)OCO3)ccc1O. The molecule has 0 saturated carbocycles. The summed E-state index contributed by atoms with van der Waals surface area (Å²) >= 11 is 0. The maximum atomic E-state index is 14.2. The summed E-state index contributed by atoms with van der Waals surface area (Å²) < 4.78 is 22.3. The molecule has 3 heterocycles. The van der Waals surface area contributed by atoms with E-state index in [-0.39, 0.29) is 42.4 Å². The Morgan fingerprint density at radius 3 is 2.54 bits per heavy atom. The van der Waals surface area contributed by atoms with Crippen molar-refractivity contribution in [3.63, 3.8) is 0 Å². The summed E-state index contributed by atoms with van der Waals surface area (Å²) in [7, 11) is 3.05. The average molecular weight is 557 g/mol. The number of ether oxygens (including phenoxy) is 4. The standard InChI is InChI=1S/C32H32N2O7/c1-19(35)33-17-25-30(22-14-28(39-3)31-29(15-22)40-18-41-31)24(12-21-9-10-26(36)27(13-21)38-2)32(37)34(25)16-23(33)11-20-7-5-4-6-8-20/h4-10,12-15,23,25,30,36H,11,16-18H2,1-3H3/b24-12+/t23-,25+,30-/m0/s1. The molecule has 2 saturated heterocycles. The van der Waals surface area contributed by atoms with E-state index in [2.05, 4.69) is 0 Å². The molecule has 0 unspecified atom stereocenters. The van der Waals surface area contributed by atoms with Crippen molar-refractivity contribution in [3.05, 3.63) is 82.9 Å². The van der Waals surface area contributed by atoms with E-state index in [9.17, 15) is 14.7 Å². The molecule has 3 atom stereocenters. The van der Waals surface area contributed by atoms with Gasteiger partial charge in [-0.3, -0.25) is 9.59 Å². The van der Waals surface area contributed by atoms with Crippen LogP contribution >= 0.6 is 0 Å². The van der Waals surface area contributed by atoms with Crippen molar-refractivity contribution in [2.45, 2.75) is 31.3 Å². The van der Waals surface area contributed by atoms with Crippen LogP contribution in [0.1, 0.15) is 29.5 Å². The lowest BCUT2D eigenvalue weighted by molar-refractivity contribution is -0.140. The van der Waals surface area contributed by atoms with Gasteiger partial charge in [-0.25, -0.2) is 0 Å². The Kier molecular flexibility index (Phi) is 6.95. The van der Waals surface area contributed by atoms with Gasteiger partial charge in [0.05, 0.1) is 26.3 Å². The van der Waals surface area contributed by atoms with Crippen molar-refractivity contribution in [2.24, 2.45) is 0 Å². The fourth-order valence-corrected chi connectivity index (χ4v) is 6.23. The molecule has 1 N–H and O–H groups in total. The van der Waals surface area contributed by atoms with E-state index in [4.69, 9.17) is 18.9 Å². The van der Waals surface area contributed by atoms with E-state index in [1.807, 2.05) is 58.3 Å². The lowest BCUT2D eigenvalue weighted by Gasteiger charge is -2.44. The van der Waals surface area contributed by atoms with Gasteiger partial charge in [0.15, 0.2) is 23.0 Å². The van der Waals surface area contributed by atoms with Crippen LogP contribution in [0.5, 0.6) is 28.7 Å². The van der Waals surface area contributed by atoms with Crippen LogP contribution in [-0.4, -0.2) is 72.9 Å². The molecule has 0 bridgehead atoms. The van der Waals surface area contributed by atoms with Crippen LogP contribution < -0.4 is 18.9 Å². The molecule has 212 valence electrons. The number of amides is 2. The van der Waals surface area contributed by atoms with Crippen LogP contribution in [0.4, 0.5) is 0 Å². The molecule has 2 fully saturated rings. The zero-order valence-electron chi connectivity index (χ0n) is 23.2. The molecule has 0 aromatic heterocycles. The predicted molar refractivity (Wildman–Crippen MR) is 151 cm³/mol. The quantitative estimate of drug-likeness (QED) is 0.459. The van der Waals surface area contributed by atoms with E-state index in [0.717, 1.165) is 11.1 Å². The van der Waals surface area contributed by atoms with Crippen molar-refractivity contribution < 1.29 is 33.6 Å². The summed E-state index contributed by atoms with van der Waals surface area (Å²) in [5.41, 5.74) is 3.23. The molecular formula is C32H32N2O7. The number of nitrogens with zero attached hydrogens (tertiary/aromatic N) is 2. The van der Waals surface area contributed by atoms with Gasteiger partial charge in [0.1, 0.15) is 0 Å². The average Bonchev–Trinajstić information content (AvgIpc) is 3.56. The Labute approximate surface area is 238 Å². The second-order valence-electron chi connectivity index (χ2n) is 10.5.